The standard InChI is InChI=1S/C20H19N7O5/c1-32-15-10-6-5-9-14(15)20(29)26-25-19-17(27(30)31)18(21-12-22-19)24-23-16(28)11-13-7-3-2-4-8-13/h2-10,12H,11H2,1H3,(H,23,28)(H,26,29)(H2,21,22,24,25). The van der Waals surface area contributed by atoms with E-state index in [1.54, 1.807) is 42.5 Å². The van der Waals surface area contributed by atoms with Crippen molar-refractivity contribution in [2.24, 2.45) is 0 Å². The van der Waals surface area contributed by atoms with E-state index in [-0.39, 0.29) is 23.6 Å². The second-order valence-corrected chi connectivity index (χ2v) is 6.29. The maximum atomic E-state index is 12.4. The summed E-state index contributed by atoms with van der Waals surface area (Å²) in [5.41, 5.74) is 9.94. The number of nitrogens with one attached hydrogen (secondary N) is 4. The summed E-state index contributed by atoms with van der Waals surface area (Å²) >= 11 is 0. The second-order valence-electron chi connectivity index (χ2n) is 6.29. The molecule has 0 aliphatic rings. The van der Waals surface area contributed by atoms with Crippen molar-refractivity contribution < 1.29 is 19.2 Å². The molecule has 0 aliphatic heterocycles. The molecule has 0 bridgehead atoms. The third-order valence-electron chi connectivity index (χ3n) is 4.18. The highest BCUT2D eigenvalue weighted by molar-refractivity contribution is 5.97. The molecule has 0 atom stereocenters. The highest BCUT2D eigenvalue weighted by Gasteiger charge is 2.24. The normalized spacial score (nSPS) is 10.0. The quantitative estimate of drug-likeness (QED) is 0.289. The van der Waals surface area contributed by atoms with E-state index in [1.165, 1.54) is 13.2 Å². The van der Waals surface area contributed by atoms with E-state index in [0.717, 1.165) is 11.9 Å². The fourth-order valence-electron chi connectivity index (χ4n) is 2.70. The van der Waals surface area contributed by atoms with Gasteiger partial charge in [0.25, 0.3) is 5.91 Å². The molecule has 1 aromatic heterocycles. The molecule has 0 fully saturated rings. The molecule has 164 valence electrons. The van der Waals surface area contributed by atoms with Gasteiger partial charge in [-0.3, -0.25) is 41.4 Å². The lowest BCUT2D eigenvalue weighted by molar-refractivity contribution is -0.383. The van der Waals surface area contributed by atoms with Crippen molar-refractivity contribution in [3.05, 3.63) is 82.2 Å². The van der Waals surface area contributed by atoms with Crippen molar-refractivity contribution in [2.75, 3.05) is 18.0 Å². The maximum Gasteiger partial charge on any atom is 0.356 e. The maximum absolute atomic E-state index is 12.4. The topological polar surface area (TPSA) is 160 Å². The number of hydrogen-bond acceptors (Lipinski definition) is 9. The van der Waals surface area contributed by atoms with E-state index in [2.05, 4.69) is 31.7 Å². The monoisotopic (exact) mass is 437 g/mol. The van der Waals surface area contributed by atoms with Gasteiger partial charge in [0.05, 0.1) is 24.0 Å². The summed E-state index contributed by atoms with van der Waals surface area (Å²) in [5, 5.41) is 11.6. The molecule has 12 heteroatoms. The Labute approximate surface area is 182 Å². The number of hydrogen-bond donors (Lipinski definition) is 4. The molecule has 4 N–H and O–H groups in total. The van der Waals surface area contributed by atoms with Crippen LogP contribution in [-0.2, 0) is 11.2 Å². The summed E-state index contributed by atoms with van der Waals surface area (Å²) in [6, 6.07) is 15.4. The Balaban J connectivity index is 1.69. The molecule has 12 nitrogen and oxygen atoms in total. The van der Waals surface area contributed by atoms with Crippen LogP contribution in [0.25, 0.3) is 0 Å². The van der Waals surface area contributed by atoms with Crippen LogP contribution in [0.15, 0.2) is 60.9 Å². The van der Waals surface area contributed by atoms with Gasteiger partial charge >= 0.3 is 5.69 Å². The molecule has 0 saturated heterocycles. The van der Waals surface area contributed by atoms with Crippen molar-refractivity contribution in [3.63, 3.8) is 0 Å². The number of amides is 2. The SMILES string of the molecule is COc1ccccc1C(=O)NNc1ncnc(NNC(=O)Cc2ccccc2)c1[N+](=O)[O-]. The van der Waals surface area contributed by atoms with Crippen molar-refractivity contribution in [2.45, 2.75) is 6.42 Å². The smallest absolute Gasteiger partial charge is 0.356 e. The van der Waals surface area contributed by atoms with Gasteiger partial charge in [0.1, 0.15) is 12.1 Å². The molecule has 32 heavy (non-hydrogen) atoms. The summed E-state index contributed by atoms with van der Waals surface area (Å²) in [7, 11) is 1.42. The molecule has 3 aromatic rings. The molecule has 1 heterocycles. The van der Waals surface area contributed by atoms with Crippen LogP contribution in [0.1, 0.15) is 15.9 Å². The minimum absolute atomic E-state index is 0.0623. The fraction of sp³-hybridized carbons (Fsp3) is 0.100. The number of anilines is 2. The average molecular weight is 437 g/mol. The van der Waals surface area contributed by atoms with E-state index in [1.807, 2.05) is 6.07 Å². The van der Waals surface area contributed by atoms with Crippen molar-refractivity contribution in [1.29, 1.82) is 0 Å². The highest BCUT2D eigenvalue weighted by atomic mass is 16.6. The fourth-order valence-corrected chi connectivity index (χ4v) is 2.70. The molecule has 0 saturated carbocycles. The zero-order valence-corrected chi connectivity index (χ0v) is 16.9. The van der Waals surface area contributed by atoms with Gasteiger partial charge in [-0.25, -0.2) is 9.97 Å². The van der Waals surface area contributed by atoms with Crippen LogP contribution in [0.4, 0.5) is 17.3 Å². The number of rotatable bonds is 9. The van der Waals surface area contributed by atoms with Crippen LogP contribution < -0.4 is 26.4 Å². The molecule has 0 spiro atoms. The molecular formula is C20H19N7O5. The molecule has 3 rings (SSSR count). The van der Waals surface area contributed by atoms with Crippen LogP contribution in [0.2, 0.25) is 0 Å². The third-order valence-corrected chi connectivity index (χ3v) is 4.18. The van der Waals surface area contributed by atoms with Crippen LogP contribution >= 0.6 is 0 Å². The lowest BCUT2D eigenvalue weighted by Gasteiger charge is -2.12. The number of methoxy groups -OCH3 is 1. The Morgan fingerprint density at radius 2 is 1.59 bits per heavy atom. The Morgan fingerprint density at radius 3 is 2.25 bits per heavy atom. The summed E-state index contributed by atoms with van der Waals surface area (Å²) < 4.78 is 5.12. The largest absolute Gasteiger partial charge is 0.496 e. The molecule has 2 amide bonds. The van der Waals surface area contributed by atoms with E-state index in [0.29, 0.717) is 5.75 Å². The van der Waals surface area contributed by atoms with E-state index < -0.39 is 22.4 Å². The Kier molecular flexibility index (Phi) is 7.09. The van der Waals surface area contributed by atoms with Gasteiger partial charge in [-0.2, -0.15) is 0 Å². The summed E-state index contributed by atoms with van der Waals surface area (Å²) in [5.74, 6) is -1.25. The first-order chi connectivity index (χ1) is 15.5. The number of carbonyl (C=O) groups is 2. The lowest BCUT2D eigenvalue weighted by atomic mass is 10.1. The first-order valence-electron chi connectivity index (χ1n) is 9.27. The number of nitro groups is 1. The number of nitrogens with zero attached hydrogens (tertiary/aromatic N) is 3. The zero-order valence-electron chi connectivity index (χ0n) is 16.9. The summed E-state index contributed by atoms with van der Waals surface area (Å²) in [4.78, 5) is 43.0. The number of para-hydroxylation sites is 1. The van der Waals surface area contributed by atoms with Gasteiger partial charge in [0.2, 0.25) is 17.5 Å². The highest BCUT2D eigenvalue weighted by Crippen LogP contribution is 2.28. The Morgan fingerprint density at radius 1 is 0.969 bits per heavy atom. The number of ether oxygens (including phenoxy) is 1. The number of hydrazine groups is 2. The first-order valence-corrected chi connectivity index (χ1v) is 9.27. The lowest BCUT2D eigenvalue weighted by Crippen LogP contribution is -2.33. The van der Waals surface area contributed by atoms with Gasteiger partial charge in [-0.15, -0.1) is 0 Å². The van der Waals surface area contributed by atoms with E-state index in [4.69, 9.17) is 4.74 Å². The van der Waals surface area contributed by atoms with Gasteiger partial charge < -0.3 is 4.74 Å². The van der Waals surface area contributed by atoms with Crippen LogP contribution in [0.3, 0.4) is 0 Å². The molecule has 0 radical (unpaired) electrons. The van der Waals surface area contributed by atoms with Crippen molar-refractivity contribution in [1.82, 2.24) is 20.8 Å². The molecule has 0 aliphatic carbocycles. The van der Waals surface area contributed by atoms with Crippen molar-refractivity contribution in [3.8, 4) is 5.75 Å². The van der Waals surface area contributed by atoms with E-state index in [9.17, 15) is 19.7 Å². The van der Waals surface area contributed by atoms with Gasteiger partial charge in [0.15, 0.2) is 0 Å². The van der Waals surface area contributed by atoms with E-state index >= 15 is 0 Å². The molecule has 2 aromatic carbocycles. The second kappa shape index (κ2) is 10.3. The zero-order chi connectivity index (χ0) is 22.9. The minimum Gasteiger partial charge on any atom is -0.496 e. The molecular weight excluding hydrogens is 418 g/mol. The Hall–Kier alpha value is -4.74. The van der Waals surface area contributed by atoms with Crippen LogP contribution in [-0.4, -0.2) is 33.8 Å². The first kappa shape index (κ1) is 22.0. The number of aromatic nitrogens is 2. The summed E-state index contributed by atoms with van der Waals surface area (Å²) in [6.45, 7) is 0. The predicted molar refractivity (Wildman–Crippen MR) is 115 cm³/mol. The Bertz CT molecular complexity index is 1120. The number of carbonyl (C=O) groups excluding carboxylic acids is 2. The minimum atomic E-state index is -0.747. The van der Waals surface area contributed by atoms with Gasteiger partial charge in [-0.05, 0) is 17.7 Å². The third kappa shape index (κ3) is 5.44. The van der Waals surface area contributed by atoms with Crippen LogP contribution in [0.5, 0.6) is 5.75 Å². The van der Waals surface area contributed by atoms with Crippen molar-refractivity contribution >= 4 is 29.1 Å². The van der Waals surface area contributed by atoms with Gasteiger partial charge in [-0.1, -0.05) is 42.5 Å². The molecule has 0 unspecified atom stereocenters. The summed E-state index contributed by atoms with van der Waals surface area (Å²) in [6.07, 6.45) is 1.10. The number of benzene rings is 2. The van der Waals surface area contributed by atoms with Crippen LogP contribution in [0, 0.1) is 10.1 Å². The predicted octanol–water partition coefficient (Wildman–Crippen LogP) is 1.84. The van der Waals surface area contributed by atoms with Gasteiger partial charge in [0, 0.05) is 0 Å². The average Bonchev–Trinajstić information content (AvgIpc) is 2.81.